The molecule has 0 saturated heterocycles. The molecule has 1 amide bonds. The Morgan fingerprint density at radius 2 is 2.00 bits per heavy atom. The molecular weight excluding hydrogens is 312 g/mol. The highest BCUT2D eigenvalue weighted by Crippen LogP contribution is 2.24. The lowest BCUT2D eigenvalue weighted by molar-refractivity contribution is -0.507. The molecule has 0 spiro atoms. The molecule has 0 unspecified atom stereocenters. The first kappa shape index (κ1) is 15.3. The predicted molar refractivity (Wildman–Crippen MR) is 54.2 cm³/mol. The highest BCUT2D eigenvalue weighted by Gasteiger charge is 2.34. The van der Waals surface area contributed by atoms with Gasteiger partial charge in [-0.05, 0) is 0 Å². The van der Waals surface area contributed by atoms with Crippen LogP contribution < -0.4 is 5.73 Å². The topological polar surface area (TPSA) is 106 Å². The zero-order chi connectivity index (χ0) is 11.1. The largest absolute Gasteiger partial charge is 0.387 e. The van der Waals surface area contributed by atoms with Gasteiger partial charge >= 0.3 is 3.36 Å². The molecule has 78 valence electrons. The van der Waals surface area contributed by atoms with Gasteiger partial charge in [0.2, 0.25) is 5.91 Å². The molecule has 0 aromatic rings. The molecule has 0 bridgehead atoms. The molecule has 0 saturated carbocycles. The third kappa shape index (κ3) is 9.71. The van der Waals surface area contributed by atoms with Crippen molar-refractivity contribution in [3.05, 3.63) is 10.1 Å². The molecule has 0 aromatic heterocycles. The van der Waals surface area contributed by atoms with Crippen molar-refractivity contribution in [1.82, 2.24) is 0 Å². The number of carbonyl (C=O) groups excluding carboxylic acids is 1. The molecule has 0 aliphatic heterocycles. The van der Waals surface area contributed by atoms with Crippen molar-refractivity contribution in [3.63, 3.8) is 0 Å². The van der Waals surface area contributed by atoms with Crippen LogP contribution >= 0.6 is 31.9 Å². The summed E-state index contributed by atoms with van der Waals surface area (Å²) in [5.41, 5.74) is 4.65. The summed E-state index contributed by atoms with van der Waals surface area (Å²) in [5, 5.41) is 18.0. The summed E-state index contributed by atoms with van der Waals surface area (Å²) in [4.78, 5) is 18.7. The fraction of sp³-hybridized carbons (Fsp3) is 0.800. The van der Waals surface area contributed by atoms with Gasteiger partial charge < -0.3 is 10.8 Å². The molecule has 0 fully saturated rings. The van der Waals surface area contributed by atoms with E-state index < -0.39 is 14.9 Å². The zero-order valence-electron chi connectivity index (χ0n) is 6.87. The maximum atomic E-state index is 9.80. The van der Waals surface area contributed by atoms with E-state index in [1.807, 2.05) is 0 Å². The SMILES string of the molecule is CCC(N)=O.O=[N+]([O-])C(Br)(Br)CO. The number of halogens is 2. The summed E-state index contributed by atoms with van der Waals surface area (Å²) in [7, 11) is 0. The summed E-state index contributed by atoms with van der Waals surface area (Å²) in [6.07, 6.45) is 0.444. The normalized spacial score (nSPS) is 9.85. The highest BCUT2D eigenvalue weighted by atomic mass is 79.9. The van der Waals surface area contributed by atoms with Crippen molar-refractivity contribution < 1.29 is 14.8 Å². The number of hydrogen-bond donors (Lipinski definition) is 2. The Morgan fingerprint density at radius 1 is 1.69 bits per heavy atom. The second kappa shape index (κ2) is 7.22. The first-order valence-corrected chi connectivity index (χ1v) is 4.78. The Kier molecular flexibility index (Phi) is 8.48. The Hall–Kier alpha value is -0.210. The van der Waals surface area contributed by atoms with E-state index in [1.54, 1.807) is 6.92 Å². The maximum Gasteiger partial charge on any atom is 0.349 e. The quantitative estimate of drug-likeness (QED) is 0.343. The predicted octanol–water partition coefficient (Wildman–Crippen LogP) is 0.581. The number of carbonyl (C=O) groups is 1. The van der Waals surface area contributed by atoms with Crippen LogP contribution in [0.2, 0.25) is 0 Å². The minimum atomic E-state index is -1.56. The van der Waals surface area contributed by atoms with E-state index in [0.29, 0.717) is 6.42 Å². The van der Waals surface area contributed by atoms with Crippen molar-refractivity contribution in [2.45, 2.75) is 16.7 Å². The Balaban J connectivity index is 0. The lowest BCUT2D eigenvalue weighted by Gasteiger charge is -2.05. The average molecular weight is 322 g/mol. The average Bonchev–Trinajstić information content (AvgIpc) is 2.05. The lowest BCUT2D eigenvalue weighted by Crippen LogP contribution is -2.27. The fourth-order valence-electron chi connectivity index (χ4n) is 0.0577. The molecule has 8 heteroatoms. The van der Waals surface area contributed by atoms with Crippen molar-refractivity contribution >= 4 is 37.8 Å². The van der Waals surface area contributed by atoms with Gasteiger partial charge in [-0.3, -0.25) is 14.9 Å². The van der Waals surface area contributed by atoms with Crippen LogP contribution in [0.25, 0.3) is 0 Å². The van der Waals surface area contributed by atoms with Gasteiger partial charge in [0.15, 0.2) is 0 Å². The number of nitrogens with zero attached hydrogens (tertiary/aromatic N) is 1. The van der Waals surface area contributed by atoms with Crippen molar-refractivity contribution in [2.24, 2.45) is 5.73 Å². The molecule has 0 rings (SSSR count). The van der Waals surface area contributed by atoms with Crippen LogP contribution in [-0.2, 0) is 4.79 Å². The smallest absolute Gasteiger partial charge is 0.349 e. The molecule has 0 heterocycles. The second-order valence-corrected chi connectivity index (χ2v) is 5.59. The van der Waals surface area contributed by atoms with E-state index in [4.69, 9.17) is 5.11 Å². The van der Waals surface area contributed by atoms with Crippen LogP contribution in [0.4, 0.5) is 0 Å². The molecule has 0 aliphatic rings. The van der Waals surface area contributed by atoms with Crippen molar-refractivity contribution in [2.75, 3.05) is 6.61 Å². The Labute approximate surface area is 91.9 Å². The lowest BCUT2D eigenvalue weighted by atomic mass is 10.5. The minimum absolute atomic E-state index is 0.245. The van der Waals surface area contributed by atoms with Gasteiger partial charge in [-0.25, -0.2) is 0 Å². The molecule has 0 radical (unpaired) electrons. The van der Waals surface area contributed by atoms with Gasteiger partial charge in [0.1, 0.15) is 6.61 Å². The summed E-state index contributed by atoms with van der Waals surface area (Å²) < 4.78 is -1.56. The third-order valence-electron chi connectivity index (χ3n) is 0.806. The molecule has 0 aliphatic carbocycles. The number of nitrogens with two attached hydrogens (primary N) is 1. The standard InChI is InChI=1S/C3H7NO.C2H3Br2NO3/c1-2-3(4)5;3-2(4,1-6)5(7)8/h2H2,1H3,(H2,4,5);6H,1H2. The molecular formula is C5H10Br2N2O4. The van der Waals surface area contributed by atoms with Crippen molar-refractivity contribution in [3.8, 4) is 0 Å². The summed E-state index contributed by atoms with van der Waals surface area (Å²) >= 11 is 5.23. The Bertz CT molecular complexity index is 185. The van der Waals surface area contributed by atoms with Gasteiger partial charge in [0.05, 0.1) is 4.92 Å². The van der Waals surface area contributed by atoms with Crippen LogP contribution in [0.3, 0.4) is 0 Å². The monoisotopic (exact) mass is 320 g/mol. The Morgan fingerprint density at radius 3 is 2.00 bits per heavy atom. The number of alkyl halides is 2. The zero-order valence-corrected chi connectivity index (χ0v) is 10.0. The van der Waals surface area contributed by atoms with Gasteiger partial charge in [-0.15, -0.1) is 0 Å². The van der Waals surface area contributed by atoms with E-state index in [9.17, 15) is 14.9 Å². The number of amides is 1. The molecule has 0 aromatic carbocycles. The van der Waals surface area contributed by atoms with Gasteiger partial charge in [-0.1, -0.05) is 6.92 Å². The number of nitro groups is 1. The highest BCUT2D eigenvalue weighted by molar-refractivity contribution is 9.25. The van der Waals surface area contributed by atoms with E-state index in [-0.39, 0.29) is 5.91 Å². The van der Waals surface area contributed by atoms with Gasteiger partial charge in [-0.2, -0.15) is 0 Å². The molecule has 13 heavy (non-hydrogen) atoms. The fourth-order valence-corrected chi connectivity index (χ4v) is 0.0577. The van der Waals surface area contributed by atoms with E-state index in [2.05, 4.69) is 37.6 Å². The number of primary amides is 1. The maximum absolute atomic E-state index is 9.80. The van der Waals surface area contributed by atoms with Crippen molar-refractivity contribution in [1.29, 1.82) is 0 Å². The minimum Gasteiger partial charge on any atom is -0.387 e. The summed E-state index contributed by atoms with van der Waals surface area (Å²) in [6.45, 7) is 1.14. The molecule has 0 atom stereocenters. The number of hydrogen-bond acceptors (Lipinski definition) is 4. The van der Waals surface area contributed by atoms with Gasteiger partial charge in [0, 0.05) is 38.3 Å². The van der Waals surface area contributed by atoms with Crippen LogP contribution in [-0.4, -0.2) is 25.9 Å². The van der Waals surface area contributed by atoms with Crippen LogP contribution in [0, 0.1) is 10.1 Å². The second-order valence-electron chi connectivity index (χ2n) is 1.90. The first-order chi connectivity index (χ1) is 5.77. The van der Waals surface area contributed by atoms with E-state index >= 15 is 0 Å². The third-order valence-corrected chi connectivity index (χ3v) is 1.89. The summed E-state index contributed by atoms with van der Waals surface area (Å²) in [5.74, 6) is -0.245. The van der Waals surface area contributed by atoms with Crippen LogP contribution in [0.1, 0.15) is 13.3 Å². The number of rotatable bonds is 3. The van der Waals surface area contributed by atoms with Gasteiger partial charge in [0.25, 0.3) is 0 Å². The van der Waals surface area contributed by atoms with E-state index in [0.717, 1.165) is 0 Å². The van der Waals surface area contributed by atoms with E-state index in [1.165, 1.54) is 0 Å². The van der Waals surface area contributed by atoms with Crippen LogP contribution in [0.5, 0.6) is 0 Å². The molecule has 3 N–H and O–H groups in total. The number of aliphatic hydroxyl groups excluding tert-OH is 1. The molecule has 6 nitrogen and oxygen atoms in total. The van der Waals surface area contributed by atoms with Crippen LogP contribution in [0.15, 0.2) is 0 Å². The number of aliphatic hydroxyl groups is 1. The summed E-state index contributed by atoms with van der Waals surface area (Å²) in [6, 6.07) is 0. The first-order valence-electron chi connectivity index (χ1n) is 3.19.